The summed E-state index contributed by atoms with van der Waals surface area (Å²) in [5.41, 5.74) is 0. The van der Waals surface area contributed by atoms with Crippen molar-refractivity contribution >= 4 is 19.9 Å². The summed E-state index contributed by atoms with van der Waals surface area (Å²) in [6, 6.07) is 0.852. The second kappa shape index (κ2) is 4.92. The maximum Gasteiger partial charge on any atom is 0.227 e. The van der Waals surface area contributed by atoms with Crippen LogP contribution in [0.15, 0.2) is 0 Å². The molecule has 0 radical (unpaired) electrons. The molecule has 0 spiro atoms. The van der Waals surface area contributed by atoms with Gasteiger partial charge in [-0.3, -0.25) is 0 Å². The van der Waals surface area contributed by atoms with Crippen molar-refractivity contribution < 1.29 is 16.8 Å². The third-order valence-corrected chi connectivity index (χ3v) is 5.05. The van der Waals surface area contributed by atoms with E-state index in [2.05, 4.69) is 0 Å². The number of hydrogen-bond acceptors (Lipinski definition) is 5. The molecule has 0 aliphatic heterocycles. The highest BCUT2D eigenvalue weighted by Crippen LogP contribution is 2.03. The molecule has 0 amide bonds. The molecule has 0 aliphatic rings. The van der Waals surface area contributed by atoms with Gasteiger partial charge in [0.2, 0.25) is 10.0 Å². The molecular formula is C7H14N2O4S2. The molecule has 88 valence electrons. The zero-order chi connectivity index (χ0) is 12.3. The van der Waals surface area contributed by atoms with Crippen molar-refractivity contribution in [3.8, 4) is 6.07 Å². The second-order valence-corrected chi connectivity index (χ2v) is 7.89. The van der Waals surface area contributed by atoms with Crippen molar-refractivity contribution in [2.45, 2.75) is 19.9 Å². The molecule has 1 atom stereocenters. The summed E-state index contributed by atoms with van der Waals surface area (Å²) < 4.78 is 46.2. The fourth-order valence-electron chi connectivity index (χ4n) is 0.821. The number of hydrogen-bond donors (Lipinski definition) is 1. The SMILES string of the molecule is CC(C)C(C#N)NS(=O)(=O)CS(C)(=O)=O. The Bertz CT molecular complexity index is 444. The van der Waals surface area contributed by atoms with E-state index in [0.29, 0.717) is 0 Å². The Morgan fingerprint density at radius 3 is 2.00 bits per heavy atom. The van der Waals surface area contributed by atoms with Crippen LogP contribution in [0.4, 0.5) is 0 Å². The van der Waals surface area contributed by atoms with Gasteiger partial charge in [0.05, 0.1) is 6.07 Å². The van der Waals surface area contributed by atoms with Gasteiger partial charge in [0.1, 0.15) is 6.04 Å². The van der Waals surface area contributed by atoms with Crippen LogP contribution in [0.5, 0.6) is 0 Å². The number of rotatable bonds is 5. The van der Waals surface area contributed by atoms with Crippen LogP contribution in [-0.4, -0.2) is 34.2 Å². The molecular weight excluding hydrogens is 240 g/mol. The van der Waals surface area contributed by atoms with Gasteiger partial charge >= 0.3 is 0 Å². The predicted octanol–water partition coefficient (Wildman–Crippen LogP) is -0.544. The standard InChI is InChI=1S/C7H14N2O4S2/c1-6(2)7(4-8)9-15(12,13)5-14(3,10)11/h6-7,9H,5H2,1-3H3. The van der Waals surface area contributed by atoms with E-state index < -0.39 is 31.0 Å². The summed E-state index contributed by atoms with van der Waals surface area (Å²) in [7, 11) is -7.58. The Morgan fingerprint density at radius 2 is 1.73 bits per heavy atom. The molecule has 0 rings (SSSR count). The van der Waals surface area contributed by atoms with Crippen molar-refractivity contribution in [1.82, 2.24) is 4.72 Å². The number of nitriles is 1. The summed E-state index contributed by atoms with van der Waals surface area (Å²) in [5.74, 6) is -0.218. The number of sulfone groups is 1. The Balaban J connectivity index is 4.74. The van der Waals surface area contributed by atoms with Gasteiger partial charge in [0, 0.05) is 6.26 Å². The van der Waals surface area contributed by atoms with E-state index in [1.165, 1.54) is 0 Å². The molecule has 0 bridgehead atoms. The van der Waals surface area contributed by atoms with Crippen LogP contribution in [0.1, 0.15) is 13.8 Å². The molecule has 0 fully saturated rings. The van der Waals surface area contributed by atoms with Crippen molar-refractivity contribution in [3.05, 3.63) is 0 Å². The lowest BCUT2D eigenvalue weighted by atomic mass is 10.1. The van der Waals surface area contributed by atoms with Gasteiger partial charge in [-0.2, -0.15) is 9.98 Å². The van der Waals surface area contributed by atoms with Crippen LogP contribution in [0.3, 0.4) is 0 Å². The maximum absolute atomic E-state index is 11.3. The van der Waals surface area contributed by atoms with Crippen LogP contribution < -0.4 is 4.72 Å². The summed E-state index contributed by atoms with van der Waals surface area (Å²) in [5, 5.41) is 7.64. The largest absolute Gasteiger partial charge is 0.228 e. The molecule has 0 saturated heterocycles. The summed E-state index contributed by atoms with van der Waals surface area (Å²) in [6.07, 6.45) is 0.822. The summed E-state index contributed by atoms with van der Waals surface area (Å²) in [4.78, 5) is 0. The van der Waals surface area contributed by atoms with Crippen molar-refractivity contribution in [2.24, 2.45) is 5.92 Å². The number of nitrogens with one attached hydrogen (secondary N) is 1. The molecule has 15 heavy (non-hydrogen) atoms. The maximum atomic E-state index is 11.3. The zero-order valence-electron chi connectivity index (χ0n) is 8.76. The van der Waals surface area contributed by atoms with Gasteiger partial charge in [0.25, 0.3) is 0 Å². The molecule has 0 heterocycles. The van der Waals surface area contributed by atoms with Crippen LogP contribution in [0, 0.1) is 17.2 Å². The lowest BCUT2D eigenvalue weighted by Crippen LogP contribution is -2.40. The Morgan fingerprint density at radius 1 is 1.27 bits per heavy atom. The van der Waals surface area contributed by atoms with Crippen molar-refractivity contribution in [2.75, 3.05) is 11.3 Å². The zero-order valence-corrected chi connectivity index (χ0v) is 10.4. The molecule has 0 aromatic rings. The van der Waals surface area contributed by atoms with E-state index in [9.17, 15) is 16.8 Å². The van der Waals surface area contributed by atoms with Crippen LogP contribution in [0.25, 0.3) is 0 Å². The summed E-state index contributed by atoms with van der Waals surface area (Å²) in [6.45, 7) is 3.33. The fraction of sp³-hybridized carbons (Fsp3) is 0.857. The highest BCUT2D eigenvalue weighted by Gasteiger charge is 2.23. The smallest absolute Gasteiger partial charge is 0.227 e. The van der Waals surface area contributed by atoms with Crippen LogP contribution in [0.2, 0.25) is 0 Å². The van der Waals surface area contributed by atoms with Gasteiger partial charge in [-0.1, -0.05) is 13.8 Å². The van der Waals surface area contributed by atoms with Gasteiger partial charge in [-0.05, 0) is 5.92 Å². The first kappa shape index (κ1) is 14.3. The fourth-order valence-corrected chi connectivity index (χ4v) is 4.06. The third-order valence-electron chi connectivity index (χ3n) is 1.48. The molecule has 6 nitrogen and oxygen atoms in total. The molecule has 0 aliphatic carbocycles. The Labute approximate surface area is 90.3 Å². The minimum atomic E-state index is -3.96. The van der Waals surface area contributed by atoms with Crippen molar-refractivity contribution in [3.63, 3.8) is 0 Å². The average molecular weight is 254 g/mol. The molecule has 0 aromatic heterocycles. The Kier molecular flexibility index (Phi) is 4.70. The highest BCUT2D eigenvalue weighted by molar-refractivity contribution is 8.06. The molecule has 0 aromatic carbocycles. The molecule has 1 N–H and O–H groups in total. The minimum absolute atomic E-state index is 0.218. The first-order valence-corrected chi connectivity index (χ1v) is 7.86. The first-order valence-electron chi connectivity index (χ1n) is 4.15. The number of sulfonamides is 1. The molecule has 0 saturated carbocycles. The monoisotopic (exact) mass is 254 g/mol. The van der Waals surface area contributed by atoms with Crippen LogP contribution in [-0.2, 0) is 19.9 Å². The van der Waals surface area contributed by atoms with Crippen molar-refractivity contribution in [1.29, 1.82) is 5.26 Å². The third kappa shape index (κ3) is 6.43. The lowest BCUT2D eigenvalue weighted by Gasteiger charge is -2.14. The normalized spacial score (nSPS) is 14.9. The van der Waals surface area contributed by atoms with Gasteiger partial charge in [0.15, 0.2) is 14.9 Å². The lowest BCUT2D eigenvalue weighted by molar-refractivity contribution is 0.517. The highest BCUT2D eigenvalue weighted by atomic mass is 32.3. The molecule has 1 unspecified atom stereocenters. The number of nitrogens with zero attached hydrogens (tertiary/aromatic N) is 1. The van der Waals surface area contributed by atoms with E-state index >= 15 is 0 Å². The van der Waals surface area contributed by atoms with Crippen LogP contribution >= 0.6 is 0 Å². The van der Waals surface area contributed by atoms with Gasteiger partial charge in [-0.25, -0.2) is 16.8 Å². The topological polar surface area (TPSA) is 104 Å². The minimum Gasteiger partial charge on any atom is -0.228 e. The predicted molar refractivity (Wildman–Crippen MR) is 56.0 cm³/mol. The van der Waals surface area contributed by atoms with Gasteiger partial charge < -0.3 is 0 Å². The van der Waals surface area contributed by atoms with E-state index in [1.807, 2.05) is 4.72 Å². The van der Waals surface area contributed by atoms with Gasteiger partial charge in [-0.15, -0.1) is 0 Å². The quantitative estimate of drug-likeness (QED) is 0.709. The average Bonchev–Trinajstić information content (AvgIpc) is 1.94. The first-order chi connectivity index (χ1) is 6.57. The van der Waals surface area contributed by atoms with E-state index in [1.54, 1.807) is 19.9 Å². The molecule has 8 heteroatoms. The van der Waals surface area contributed by atoms with E-state index in [-0.39, 0.29) is 5.92 Å². The van der Waals surface area contributed by atoms with E-state index in [4.69, 9.17) is 5.26 Å². The second-order valence-electron chi connectivity index (χ2n) is 3.63. The Hall–Kier alpha value is -0.650. The van der Waals surface area contributed by atoms with E-state index in [0.717, 1.165) is 6.26 Å². The summed E-state index contributed by atoms with van der Waals surface area (Å²) >= 11 is 0.